The Bertz CT molecular complexity index is 1600. The maximum absolute atomic E-state index is 14.4. The van der Waals surface area contributed by atoms with Gasteiger partial charge >= 0.3 is 0 Å². The number of aliphatic hydroxyl groups excluding tert-OH is 1. The standard InChI is InChI=1S/C35H34Cl2N2O5/c1-42-30-10-5-9-27(21-30)32-35(23-24-7-3-2-4-8-24,34(41)38-18-17-25-11-14-28(36)22-31(25)37)39-33(44-32)26-12-15-29(16-13-26)43-20-6-19-40/h2-5,7-16,21-22,32,40H,6,17-20,23H2,1H3,(H,38,41)/t32-,35-/m1/s1. The van der Waals surface area contributed by atoms with Gasteiger partial charge in [-0.25, -0.2) is 4.99 Å². The van der Waals surface area contributed by atoms with E-state index in [2.05, 4.69) is 5.32 Å². The number of aliphatic imine (C=N–C) groups is 1. The molecule has 2 N–H and O–H groups in total. The van der Waals surface area contributed by atoms with E-state index in [0.29, 0.717) is 65.4 Å². The monoisotopic (exact) mass is 632 g/mol. The van der Waals surface area contributed by atoms with Crippen molar-refractivity contribution in [3.05, 3.63) is 129 Å². The van der Waals surface area contributed by atoms with Crippen LogP contribution in [0.15, 0.2) is 102 Å². The molecule has 9 heteroatoms. The lowest BCUT2D eigenvalue weighted by Crippen LogP contribution is -2.50. The van der Waals surface area contributed by atoms with Crippen LogP contribution in [-0.2, 0) is 22.4 Å². The molecule has 0 radical (unpaired) electrons. The average Bonchev–Trinajstić information content (AvgIpc) is 3.43. The fourth-order valence-corrected chi connectivity index (χ4v) is 5.69. The number of amides is 1. The second kappa shape index (κ2) is 14.6. The van der Waals surface area contributed by atoms with Gasteiger partial charge in [-0.2, -0.15) is 0 Å². The highest BCUT2D eigenvalue weighted by Gasteiger charge is 2.53. The Morgan fingerprint density at radius 2 is 1.77 bits per heavy atom. The summed E-state index contributed by atoms with van der Waals surface area (Å²) in [5.41, 5.74) is 1.97. The molecule has 0 fully saturated rings. The number of methoxy groups -OCH3 is 1. The molecule has 7 nitrogen and oxygen atoms in total. The van der Waals surface area contributed by atoms with Gasteiger partial charge in [0.05, 0.1) is 13.7 Å². The number of aliphatic hydroxyl groups is 1. The number of halogens is 2. The number of ether oxygens (including phenoxy) is 3. The molecule has 0 aliphatic carbocycles. The van der Waals surface area contributed by atoms with Crippen LogP contribution in [0.5, 0.6) is 11.5 Å². The summed E-state index contributed by atoms with van der Waals surface area (Å²) in [5, 5.41) is 13.3. The summed E-state index contributed by atoms with van der Waals surface area (Å²) in [6.07, 6.45) is 0.616. The summed E-state index contributed by atoms with van der Waals surface area (Å²) in [5.74, 6) is 1.40. The summed E-state index contributed by atoms with van der Waals surface area (Å²) in [4.78, 5) is 19.5. The van der Waals surface area contributed by atoms with Crippen LogP contribution in [0.3, 0.4) is 0 Å². The van der Waals surface area contributed by atoms with Crippen molar-refractivity contribution in [1.82, 2.24) is 5.32 Å². The van der Waals surface area contributed by atoms with Gasteiger partial charge in [0, 0.05) is 41.6 Å². The molecule has 1 amide bonds. The molecule has 4 aromatic carbocycles. The molecule has 1 heterocycles. The summed E-state index contributed by atoms with van der Waals surface area (Å²) in [7, 11) is 1.60. The van der Waals surface area contributed by atoms with E-state index in [1.807, 2.05) is 84.9 Å². The lowest BCUT2D eigenvalue weighted by Gasteiger charge is -2.31. The van der Waals surface area contributed by atoms with E-state index in [1.165, 1.54) is 0 Å². The summed E-state index contributed by atoms with van der Waals surface area (Å²) >= 11 is 12.5. The lowest BCUT2D eigenvalue weighted by atomic mass is 9.82. The van der Waals surface area contributed by atoms with Crippen molar-refractivity contribution in [2.45, 2.75) is 30.9 Å². The van der Waals surface area contributed by atoms with E-state index >= 15 is 0 Å². The second-order valence-corrected chi connectivity index (χ2v) is 11.3. The number of nitrogens with one attached hydrogen (secondary N) is 1. The van der Waals surface area contributed by atoms with Crippen molar-refractivity contribution in [3.8, 4) is 11.5 Å². The largest absolute Gasteiger partial charge is 0.497 e. The van der Waals surface area contributed by atoms with Gasteiger partial charge < -0.3 is 24.6 Å². The third-order valence-corrected chi connectivity index (χ3v) is 8.02. The summed E-state index contributed by atoms with van der Waals surface area (Å²) in [6, 6.07) is 30.0. The maximum Gasteiger partial charge on any atom is 0.252 e. The highest BCUT2D eigenvalue weighted by molar-refractivity contribution is 6.35. The number of hydrogen-bond acceptors (Lipinski definition) is 6. The van der Waals surface area contributed by atoms with Crippen LogP contribution < -0.4 is 14.8 Å². The van der Waals surface area contributed by atoms with Crippen LogP contribution in [0.25, 0.3) is 0 Å². The van der Waals surface area contributed by atoms with E-state index in [0.717, 1.165) is 16.7 Å². The van der Waals surface area contributed by atoms with Crippen molar-refractivity contribution < 1.29 is 24.1 Å². The molecule has 2 atom stereocenters. The lowest BCUT2D eigenvalue weighted by molar-refractivity contribution is -0.128. The van der Waals surface area contributed by atoms with E-state index in [4.69, 9.17) is 47.5 Å². The normalized spacial score (nSPS) is 17.5. The van der Waals surface area contributed by atoms with Gasteiger partial charge in [0.1, 0.15) is 11.5 Å². The first-order valence-corrected chi connectivity index (χ1v) is 15.2. The molecule has 0 aromatic heterocycles. The molecule has 1 aliphatic heterocycles. The van der Waals surface area contributed by atoms with Gasteiger partial charge in [0.15, 0.2) is 11.6 Å². The number of nitrogens with zero attached hydrogens (tertiary/aromatic N) is 1. The Kier molecular flexibility index (Phi) is 10.4. The highest BCUT2D eigenvalue weighted by atomic mass is 35.5. The molecule has 0 unspecified atom stereocenters. The zero-order chi connectivity index (χ0) is 30.9. The van der Waals surface area contributed by atoms with Crippen molar-refractivity contribution in [2.75, 3.05) is 26.9 Å². The first-order valence-electron chi connectivity index (χ1n) is 14.4. The molecular weight excluding hydrogens is 599 g/mol. The minimum absolute atomic E-state index is 0.0622. The molecule has 1 aliphatic rings. The fraction of sp³-hybridized carbons (Fsp3) is 0.257. The number of benzene rings is 4. The molecule has 0 saturated heterocycles. The molecule has 0 spiro atoms. The molecule has 4 aromatic rings. The number of carbonyl (C=O) groups is 1. The van der Waals surface area contributed by atoms with Gasteiger partial charge in [-0.05, 0) is 71.6 Å². The van der Waals surface area contributed by atoms with E-state index in [-0.39, 0.29) is 12.5 Å². The van der Waals surface area contributed by atoms with Gasteiger partial charge in [-0.1, -0.05) is 71.7 Å². The van der Waals surface area contributed by atoms with Gasteiger partial charge in [-0.15, -0.1) is 0 Å². The zero-order valence-electron chi connectivity index (χ0n) is 24.3. The molecule has 5 rings (SSSR count). The smallest absolute Gasteiger partial charge is 0.252 e. The fourth-order valence-electron chi connectivity index (χ4n) is 5.18. The first kappa shape index (κ1) is 31.4. The Balaban J connectivity index is 1.51. The molecule has 0 bridgehead atoms. The van der Waals surface area contributed by atoms with Crippen LogP contribution in [0.2, 0.25) is 10.0 Å². The van der Waals surface area contributed by atoms with E-state index in [9.17, 15) is 4.79 Å². The molecule has 44 heavy (non-hydrogen) atoms. The third kappa shape index (κ3) is 7.36. The number of rotatable bonds is 13. The SMILES string of the molecule is COc1cccc([C@H]2OC(c3ccc(OCCCO)cc3)=N[C@@]2(Cc2ccccc2)C(=O)NCCc2ccc(Cl)cc2Cl)c1. The second-order valence-electron chi connectivity index (χ2n) is 10.5. The minimum Gasteiger partial charge on any atom is -0.497 e. The third-order valence-electron chi connectivity index (χ3n) is 7.44. The topological polar surface area (TPSA) is 89.4 Å². The summed E-state index contributed by atoms with van der Waals surface area (Å²) in [6.45, 7) is 0.811. The predicted octanol–water partition coefficient (Wildman–Crippen LogP) is 6.62. The van der Waals surface area contributed by atoms with Gasteiger partial charge in [0.25, 0.3) is 5.91 Å². The van der Waals surface area contributed by atoms with Gasteiger partial charge in [-0.3, -0.25) is 4.79 Å². The average molecular weight is 634 g/mol. The number of hydrogen-bond donors (Lipinski definition) is 2. The van der Waals surface area contributed by atoms with Crippen LogP contribution in [-0.4, -0.2) is 49.3 Å². The molecular formula is C35H34Cl2N2O5. The quantitative estimate of drug-likeness (QED) is 0.162. The van der Waals surface area contributed by atoms with Crippen molar-refractivity contribution in [3.63, 3.8) is 0 Å². The highest BCUT2D eigenvalue weighted by Crippen LogP contribution is 2.43. The van der Waals surface area contributed by atoms with Crippen molar-refractivity contribution in [1.29, 1.82) is 0 Å². The minimum atomic E-state index is -1.33. The van der Waals surface area contributed by atoms with Crippen LogP contribution >= 0.6 is 23.2 Å². The van der Waals surface area contributed by atoms with Gasteiger partial charge in [0.2, 0.25) is 5.90 Å². The van der Waals surface area contributed by atoms with Crippen molar-refractivity contribution in [2.24, 2.45) is 4.99 Å². The Morgan fingerprint density at radius 3 is 2.50 bits per heavy atom. The van der Waals surface area contributed by atoms with Crippen LogP contribution in [0, 0.1) is 0 Å². The molecule has 0 saturated carbocycles. The maximum atomic E-state index is 14.4. The van der Waals surface area contributed by atoms with Crippen LogP contribution in [0.1, 0.15) is 34.8 Å². The first-order chi connectivity index (χ1) is 21.4. The van der Waals surface area contributed by atoms with Crippen molar-refractivity contribution >= 4 is 35.0 Å². The predicted molar refractivity (Wildman–Crippen MR) is 173 cm³/mol. The molecule has 228 valence electrons. The Hall–Kier alpha value is -4.04. The Morgan fingerprint density at radius 1 is 0.977 bits per heavy atom. The Labute approximate surface area is 267 Å². The summed E-state index contributed by atoms with van der Waals surface area (Å²) < 4.78 is 17.8. The zero-order valence-corrected chi connectivity index (χ0v) is 25.9. The van der Waals surface area contributed by atoms with E-state index in [1.54, 1.807) is 19.2 Å². The van der Waals surface area contributed by atoms with Crippen LogP contribution in [0.4, 0.5) is 0 Å². The van der Waals surface area contributed by atoms with E-state index < -0.39 is 11.6 Å². The number of carbonyl (C=O) groups excluding carboxylic acids is 1.